The van der Waals surface area contributed by atoms with E-state index in [9.17, 15) is 32.4 Å². The lowest BCUT2D eigenvalue weighted by molar-refractivity contribution is -0.139. The lowest BCUT2D eigenvalue weighted by Gasteiger charge is -2.30. The third-order valence-electron chi connectivity index (χ3n) is 7.36. The first-order valence-corrected chi connectivity index (χ1v) is 15.9. The summed E-state index contributed by atoms with van der Waals surface area (Å²) in [4.78, 5) is 65.5. The number of carbonyl (C=O) groups excluding carboxylic acids is 5. The fraction of sp³-hybridized carbons (Fsp3) is 0.679. The number of amides is 5. The first-order valence-electron chi connectivity index (χ1n) is 14.4. The number of nitrogens with two attached hydrogens (primary N) is 1. The average molecular weight is 610 g/mol. The lowest BCUT2D eigenvalue weighted by Crippen LogP contribution is -2.54. The van der Waals surface area contributed by atoms with Crippen molar-refractivity contribution in [3.8, 4) is 0 Å². The van der Waals surface area contributed by atoms with Crippen molar-refractivity contribution in [3.63, 3.8) is 0 Å². The van der Waals surface area contributed by atoms with Crippen molar-refractivity contribution in [3.05, 3.63) is 24.8 Å². The molecule has 0 spiro atoms. The number of hydrogen-bond acceptors (Lipinski definition) is 8. The van der Waals surface area contributed by atoms with Crippen molar-refractivity contribution in [2.75, 3.05) is 19.6 Å². The highest BCUT2D eigenvalue weighted by Gasteiger charge is 2.45. The molecule has 1 saturated heterocycles. The number of likely N-dealkylation sites (tertiary alicyclic amines) is 1. The van der Waals surface area contributed by atoms with Gasteiger partial charge in [0.05, 0.1) is 5.25 Å². The molecule has 13 nitrogen and oxygen atoms in total. The molecule has 3 aliphatic rings. The van der Waals surface area contributed by atoms with Gasteiger partial charge in [-0.25, -0.2) is 13.2 Å². The van der Waals surface area contributed by atoms with Crippen molar-refractivity contribution in [2.45, 2.75) is 88.7 Å². The molecule has 1 aliphatic heterocycles. The molecular weight excluding hydrogens is 566 g/mol. The average Bonchev–Trinajstić information content (AvgIpc) is 3.82. The molecule has 5 amide bonds. The minimum absolute atomic E-state index is 0.0592. The Morgan fingerprint density at radius 1 is 1.14 bits per heavy atom. The molecule has 0 aromatic rings. The molecule has 3 fully saturated rings. The number of nitrogens with one attached hydrogen (secondary N) is 2. The van der Waals surface area contributed by atoms with Gasteiger partial charge in [-0.1, -0.05) is 18.7 Å². The van der Waals surface area contributed by atoms with E-state index >= 15 is 0 Å². The maximum atomic E-state index is 13.4. The molecule has 234 valence electrons. The highest BCUT2D eigenvalue weighted by molar-refractivity contribution is 7.90. The number of ether oxygens (including phenoxy) is 1. The Hall–Kier alpha value is -3.42. The Morgan fingerprint density at radius 3 is 2.43 bits per heavy atom. The van der Waals surface area contributed by atoms with Gasteiger partial charge in [-0.15, -0.1) is 0 Å². The van der Waals surface area contributed by atoms with Crippen LogP contribution in [0.25, 0.3) is 0 Å². The van der Waals surface area contributed by atoms with Gasteiger partial charge in [-0.3, -0.25) is 23.9 Å². The molecule has 2 saturated carbocycles. The monoisotopic (exact) mass is 609 g/mol. The summed E-state index contributed by atoms with van der Waals surface area (Å²) in [6.45, 7) is 9.33. The van der Waals surface area contributed by atoms with Gasteiger partial charge in [-0.2, -0.15) is 0 Å². The van der Waals surface area contributed by atoms with Crippen LogP contribution in [0.2, 0.25) is 0 Å². The second kappa shape index (κ2) is 13.7. The van der Waals surface area contributed by atoms with E-state index in [0.29, 0.717) is 45.1 Å². The van der Waals surface area contributed by atoms with Gasteiger partial charge < -0.3 is 25.6 Å². The second-order valence-corrected chi connectivity index (χ2v) is 14.0. The highest BCUT2D eigenvalue weighted by atomic mass is 32.2. The molecule has 3 rings (SSSR count). The van der Waals surface area contributed by atoms with Gasteiger partial charge >= 0.3 is 6.09 Å². The van der Waals surface area contributed by atoms with Crippen molar-refractivity contribution in [1.29, 1.82) is 0 Å². The van der Waals surface area contributed by atoms with Crippen LogP contribution in [-0.2, 0) is 33.9 Å². The molecule has 0 aromatic carbocycles. The molecule has 0 bridgehead atoms. The van der Waals surface area contributed by atoms with Crippen LogP contribution in [0.5, 0.6) is 0 Å². The predicted octanol–water partition coefficient (Wildman–Crippen LogP) is 0.952. The van der Waals surface area contributed by atoms with Gasteiger partial charge in [-0.05, 0) is 77.7 Å². The molecule has 4 atom stereocenters. The van der Waals surface area contributed by atoms with Gasteiger partial charge in [0.1, 0.15) is 17.7 Å². The summed E-state index contributed by atoms with van der Waals surface area (Å²) in [5.41, 5.74) is 4.69. The number of sulfonamides is 1. The molecule has 42 heavy (non-hydrogen) atoms. The zero-order valence-electron chi connectivity index (χ0n) is 24.5. The van der Waals surface area contributed by atoms with E-state index in [0.717, 1.165) is 6.08 Å². The summed E-state index contributed by atoms with van der Waals surface area (Å²) in [7, 11) is -3.57. The van der Waals surface area contributed by atoms with Crippen molar-refractivity contribution in [1.82, 2.24) is 19.8 Å². The fourth-order valence-electron chi connectivity index (χ4n) is 4.89. The van der Waals surface area contributed by atoms with Crippen LogP contribution in [-0.4, -0.2) is 90.5 Å². The summed E-state index contributed by atoms with van der Waals surface area (Å²) in [6, 6.07) is -1.83. The minimum Gasteiger partial charge on any atom is -0.444 e. The van der Waals surface area contributed by atoms with Crippen LogP contribution in [0.4, 0.5) is 4.79 Å². The topological polar surface area (TPSA) is 185 Å². The molecule has 1 heterocycles. The lowest BCUT2D eigenvalue weighted by atomic mass is 10.1. The Balaban J connectivity index is 1.57. The summed E-state index contributed by atoms with van der Waals surface area (Å²) < 4.78 is 31.5. The van der Waals surface area contributed by atoms with Gasteiger partial charge in [0.2, 0.25) is 33.7 Å². The van der Waals surface area contributed by atoms with E-state index in [1.807, 2.05) is 12.2 Å². The quantitative estimate of drug-likeness (QED) is 0.192. The Kier molecular flexibility index (Phi) is 10.8. The number of rotatable bonds is 14. The fourth-order valence-corrected chi connectivity index (χ4v) is 6.24. The molecule has 14 heteroatoms. The van der Waals surface area contributed by atoms with Crippen molar-refractivity contribution < 1.29 is 37.1 Å². The Labute approximate surface area is 247 Å². The first kappa shape index (κ1) is 33.1. The zero-order chi connectivity index (χ0) is 31.2. The third kappa shape index (κ3) is 9.57. The van der Waals surface area contributed by atoms with E-state index in [1.165, 1.54) is 9.80 Å². The minimum atomic E-state index is -3.57. The van der Waals surface area contributed by atoms with Crippen LogP contribution in [0.1, 0.15) is 65.7 Å². The van der Waals surface area contributed by atoms with Crippen molar-refractivity contribution >= 4 is 39.7 Å². The standard InChI is InChI=1S/C28H43N5O8S/c1-5-23(34)32(14-7-6-9-18-17-20(18)25(36)31-42(39,40)19-11-12-19)16-13-21(30-27(38)41-28(2,3)4)26(37)33-15-8-10-22(33)24(29)35/h5-6,9,18-22H,1,7-8,10-17H2,2-4H3,(H2,29,35)(H,30,38)(H,31,36)/b9-6-/t18-,20+,21+,22?/m1/s1. The Bertz CT molecular complexity index is 1210. The number of allylic oxidation sites excluding steroid dienone is 1. The number of alkyl carbamates (subject to hydrolysis) is 1. The molecule has 1 unspecified atom stereocenters. The third-order valence-corrected chi connectivity index (χ3v) is 9.19. The van der Waals surface area contributed by atoms with Gasteiger partial charge in [0, 0.05) is 25.6 Å². The van der Waals surface area contributed by atoms with E-state index < -0.39 is 56.8 Å². The Morgan fingerprint density at radius 2 is 1.83 bits per heavy atom. The number of nitrogens with zero attached hydrogens (tertiary/aromatic N) is 2. The van der Waals surface area contributed by atoms with Crippen LogP contribution in [0.15, 0.2) is 24.8 Å². The maximum Gasteiger partial charge on any atom is 0.408 e. The van der Waals surface area contributed by atoms with Gasteiger partial charge in [0.15, 0.2) is 0 Å². The molecular formula is C28H43N5O8S. The van der Waals surface area contributed by atoms with E-state index in [-0.39, 0.29) is 37.3 Å². The van der Waals surface area contributed by atoms with E-state index in [2.05, 4.69) is 16.6 Å². The van der Waals surface area contributed by atoms with Crippen LogP contribution < -0.4 is 15.8 Å². The number of carbonyl (C=O) groups is 5. The summed E-state index contributed by atoms with van der Waals surface area (Å²) in [5.74, 6) is -2.40. The van der Waals surface area contributed by atoms with Crippen molar-refractivity contribution in [2.24, 2.45) is 17.6 Å². The maximum absolute atomic E-state index is 13.4. The zero-order valence-corrected chi connectivity index (χ0v) is 25.4. The molecule has 0 aromatic heterocycles. The molecule has 0 radical (unpaired) electrons. The van der Waals surface area contributed by atoms with Crippen LogP contribution >= 0.6 is 0 Å². The summed E-state index contributed by atoms with van der Waals surface area (Å²) >= 11 is 0. The predicted molar refractivity (Wildman–Crippen MR) is 154 cm³/mol. The van der Waals surface area contributed by atoms with Crippen LogP contribution in [0.3, 0.4) is 0 Å². The van der Waals surface area contributed by atoms with E-state index in [4.69, 9.17) is 10.5 Å². The normalized spacial score (nSPS) is 22.7. The highest BCUT2D eigenvalue weighted by Crippen LogP contribution is 2.40. The first-order chi connectivity index (χ1) is 19.6. The summed E-state index contributed by atoms with van der Waals surface area (Å²) in [6.07, 6.45) is 7.30. The van der Waals surface area contributed by atoms with Crippen LogP contribution in [0, 0.1) is 11.8 Å². The second-order valence-electron chi connectivity index (χ2n) is 12.0. The molecule has 4 N–H and O–H groups in total. The SMILES string of the molecule is C=CC(=O)N(CC/C=C\[C@@H]1C[C@@H]1C(=O)NS(=O)(=O)C1CC1)CC[C@H](NC(=O)OC(C)(C)C)C(=O)N1CCCC1C(N)=O. The smallest absolute Gasteiger partial charge is 0.408 e. The summed E-state index contributed by atoms with van der Waals surface area (Å²) in [5, 5.41) is 2.13. The number of hydrogen-bond donors (Lipinski definition) is 3. The number of primary amides is 1. The molecule has 2 aliphatic carbocycles. The van der Waals surface area contributed by atoms with E-state index in [1.54, 1.807) is 20.8 Å². The van der Waals surface area contributed by atoms with Gasteiger partial charge in [0.25, 0.3) is 0 Å². The largest absolute Gasteiger partial charge is 0.444 e.